The lowest BCUT2D eigenvalue weighted by Gasteiger charge is -2.01. The Labute approximate surface area is 71.4 Å². The molecule has 12 heavy (non-hydrogen) atoms. The molecule has 0 aliphatic heterocycles. The molecule has 1 heterocycles. The van der Waals surface area contributed by atoms with Gasteiger partial charge in [0, 0.05) is 5.92 Å². The number of hydrogen-bond donors (Lipinski definition) is 1. The first kappa shape index (κ1) is 7.73. The standard InChI is InChI=1S/C8H13N3O/c1-5(9-2)7-10-8(12-11-7)6-3-4-6/h5-6,9H,3-4H2,1-2H3. The molecule has 66 valence electrons. The molecule has 1 aliphatic carbocycles. The Morgan fingerprint density at radius 3 is 2.92 bits per heavy atom. The van der Waals surface area contributed by atoms with Crippen LogP contribution in [0.2, 0.25) is 0 Å². The van der Waals surface area contributed by atoms with Gasteiger partial charge in [-0.15, -0.1) is 0 Å². The zero-order chi connectivity index (χ0) is 8.55. The molecule has 1 fully saturated rings. The molecule has 0 aromatic carbocycles. The van der Waals surface area contributed by atoms with Crippen molar-refractivity contribution in [2.45, 2.75) is 31.7 Å². The van der Waals surface area contributed by atoms with Gasteiger partial charge in [0.2, 0.25) is 5.89 Å². The molecule has 0 saturated heterocycles. The van der Waals surface area contributed by atoms with Gasteiger partial charge in [-0.05, 0) is 26.8 Å². The number of nitrogens with one attached hydrogen (secondary N) is 1. The van der Waals surface area contributed by atoms with Crippen LogP contribution in [0.1, 0.15) is 43.4 Å². The van der Waals surface area contributed by atoms with Crippen molar-refractivity contribution < 1.29 is 4.52 Å². The Morgan fingerprint density at radius 2 is 2.33 bits per heavy atom. The molecule has 0 amide bonds. The maximum absolute atomic E-state index is 5.11. The summed E-state index contributed by atoms with van der Waals surface area (Å²) in [5.41, 5.74) is 0. The number of rotatable bonds is 3. The Kier molecular flexibility index (Phi) is 1.84. The number of hydrogen-bond acceptors (Lipinski definition) is 4. The summed E-state index contributed by atoms with van der Waals surface area (Å²) in [5, 5.41) is 6.97. The van der Waals surface area contributed by atoms with Gasteiger partial charge in [0.05, 0.1) is 6.04 Å². The van der Waals surface area contributed by atoms with Crippen LogP contribution in [0.15, 0.2) is 4.52 Å². The molecular formula is C8H13N3O. The van der Waals surface area contributed by atoms with Gasteiger partial charge in [0.1, 0.15) is 0 Å². The summed E-state index contributed by atoms with van der Waals surface area (Å²) in [5.74, 6) is 2.13. The molecule has 2 rings (SSSR count). The first-order chi connectivity index (χ1) is 5.81. The van der Waals surface area contributed by atoms with Gasteiger partial charge in [0.15, 0.2) is 5.82 Å². The lowest BCUT2D eigenvalue weighted by atomic mass is 10.3. The first-order valence-electron chi connectivity index (χ1n) is 4.32. The van der Waals surface area contributed by atoms with Crippen molar-refractivity contribution >= 4 is 0 Å². The Hall–Kier alpha value is -0.900. The molecular weight excluding hydrogens is 154 g/mol. The van der Waals surface area contributed by atoms with E-state index in [1.165, 1.54) is 12.8 Å². The van der Waals surface area contributed by atoms with E-state index in [4.69, 9.17) is 4.52 Å². The lowest BCUT2D eigenvalue weighted by molar-refractivity contribution is 0.369. The maximum Gasteiger partial charge on any atom is 0.229 e. The maximum atomic E-state index is 5.11. The Balaban J connectivity index is 2.12. The van der Waals surface area contributed by atoms with Crippen LogP contribution in [0.25, 0.3) is 0 Å². The summed E-state index contributed by atoms with van der Waals surface area (Å²) < 4.78 is 5.11. The van der Waals surface area contributed by atoms with E-state index in [2.05, 4.69) is 15.5 Å². The van der Waals surface area contributed by atoms with Crippen molar-refractivity contribution in [3.8, 4) is 0 Å². The first-order valence-corrected chi connectivity index (χ1v) is 4.32. The highest BCUT2D eigenvalue weighted by Crippen LogP contribution is 2.39. The van der Waals surface area contributed by atoms with E-state index in [0.29, 0.717) is 5.92 Å². The fourth-order valence-corrected chi connectivity index (χ4v) is 1.05. The van der Waals surface area contributed by atoms with Gasteiger partial charge in [-0.3, -0.25) is 0 Å². The van der Waals surface area contributed by atoms with Crippen molar-refractivity contribution in [3.05, 3.63) is 11.7 Å². The Bertz CT molecular complexity index is 267. The summed E-state index contributed by atoms with van der Waals surface area (Å²) in [6.45, 7) is 2.02. The molecule has 1 aromatic rings. The van der Waals surface area contributed by atoms with Crippen molar-refractivity contribution in [3.63, 3.8) is 0 Å². The summed E-state index contributed by atoms with van der Waals surface area (Å²) in [6, 6.07) is 0.182. The minimum Gasteiger partial charge on any atom is -0.339 e. The summed E-state index contributed by atoms with van der Waals surface area (Å²) in [4.78, 5) is 4.30. The minimum absolute atomic E-state index is 0.182. The molecule has 1 unspecified atom stereocenters. The van der Waals surface area contributed by atoms with Gasteiger partial charge in [-0.1, -0.05) is 5.16 Å². The second-order valence-electron chi connectivity index (χ2n) is 3.28. The van der Waals surface area contributed by atoms with E-state index in [9.17, 15) is 0 Å². The van der Waals surface area contributed by atoms with Crippen LogP contribution in [0.5, 0.6) is 0 Å². The van der Waals surface area contributed by atoms with Gasteiger partial charge in [-0.25, -0.2) is 0 Å². The van der Waals surface area contributed by atoms with E-state index in [1.54, 1.807) is 0 Å². The second kappa shape index (κ2) is 2.86. The van der Waals surface area contributed by atoms with E-state index in [1.807, 2.05) is 14.0 Å². The number of nitrogens with zero attached hydrogens (tertiary/aromatic N) is 2. The third-order valence-electron chi connectivity index (χ3n) is 2.20. The molecule has 1 N–H and O–H groups in total. The normalized spacial score (nSPS) is 19.5. The van der Waals surface area contributed by atoms with Crippen LogP contribution in [0, 0.1) is 0 Å². The summed E-state index contributed by atoms with van der Waals surface area (Å²) in [7, 11) is 1.89. The quantitative estimate of drug-likeness (QED) is 0.735. The number of aromatic nitrogens is 2. The van der Waals surface area contributed by atoms with E-state index < -0.39 is 0 Å². The van der Waals surface area contributed by atoms with Gasteiger partial charge < -0.3 is 9.84 Å². The molecule has 1 atom stereocenters. The predicted octanol–water partition coefficient (Wildman–Crippen LogP) is 1.23. The van der Waals surface area contributed by atoms with Gasteiger partial charge in [0.25, 0.3) is 0 Å². The molecule has 0 spiro atoms. The molecule has 0 radical (unpaired) electrons. The van der Waals surface area contributed by atoms with Crippen LogP contribution >= 0.6 is 0 Å². The van der Waals surface area contributed by atoms with Crippen LogP contribution in [0.3, 0.4) is 0 Å². The highest BCUT2D eigenvalue weighted by atomic mass is 16.5. The third kappa shape index (κ3) is 1.34. The van der Waals surface area contributed by atoms with Crippen LogP contribution in [0.4, 0.5) is 0 Å². The van der Waals surface area contributed by atoms with E-state index in [0.717, 1.165) is 11.7 Å². The zero-order valence-electron chi connectivity index (χ0n) is 7.37. The van der Waals surface area contributed by atoms with Crippen LogP contribution in [-0.2, 0) is 0 Å². The third-order valence-corrected chi connectivity index (χ3v) is 2.20. The average molecular weight is 167 g/mol. The van der Waals surface area contributed by atoms with Crippen molar-refractivity contribution in [2.75, 3.05) is 7.05 Å². The smallest absolute Gasteiger partial charge is 0.229 e. The second-order valence-corrected chi connectivity index (χ2v) is 3.28. The molecule has 1 saturated carbocycles. The molecule has 4 nitrogen and oxygen atoms in total. The van der Waals surface area contributed by atoms with E-state index in [-0.39, 0.29) is 6.04 Å². The SMILES string of the molecule is CNC(C)c1noc(C2CC2)n1. The van der Waals surface area contributed by atoms with Gasteiger partial charge in [-0.2, -0.15) is 4.98 Å². The molecule has 4 heteroatoms. The molecule has 1 aliphatic rings. The van der Waals surface area contributed by atoms with Crippen LogP contribution in [-0.4, -0.2) is 17.2 Å². The minimum atomic E-state index is 0.182. The highest BCUT2D eigenvalue weighted by Gasteiger charge is 2.30. The summed E-state index contributed by atoms with van der Waals surface area (Å²) in [6.07, 6.45) is 2.41. The molecule has 0 bridgehead atoms. The van der Waals surface area contributed by atoms with Crippen molar-refractivity contribution in [1.29, 1.82) is 0 Å². The predicted molar refractivity (Wildman–Crippen MR) is 43.7 cm³/mol. The monoisotopic (exact) mass is 167 g/mol. The fourth-order valence-electron chi connectivity index (χ4n) is 1.05. The molecule has 1 aromatic heterocycles. The van der Waals surface area contributed by atoms with E-state index >= 15 is 0 Å². The lowest BCUT2D eigenvalue weighted by Crippen LogP contribution is -2.13. The zero-order valence-corrected chi connectivity index (χ0v) is 7.37. The summed E-state index contributed by atoms with van der Waals surface area (Å²) >= 11 is 0. The average Bonchev–Trinajstić information content (AvgIpc) is 2.83. The van der Waals surface area contributed by atoms with Gasteiger partial charge >= 0.3 is 0 Å². The fraction of sp³-hybridized carbons (Fsp3) is 0.750. The topological polar surface area (TPSA) is 51.0 Å². The van der Waals surface area contributed by atoms with Crippen LogP contribution < -0.4 is 5.32 Å². The van der Waals surface area contributed by atoms with Crippen molar-refractivity contribution in [2.24, 2.45) is 0 Å². The largest absolute Gasteiger partial charge is 0.339 e. The highest BCUT2D eigenvalue weighted by molar-refractivity contribution is 5.03. The Morgan fingerprint density at radius 1 is 1.58 bits per heavy atom. The van der Waals surface area contributed by atoms with Crippen molar-refractivity contribution in [1.82, 2.24) is 15.5 Å².